The minimum absolute atomic E-state index is 0.706. The zero-order valence-corrected chi connectivity index (χ0v) is 10.9. The van der Waals surface area contributed by atoms with Gasteiger partial charge in [-0.1, -0.05) is 0 Å². The third-order valence-corrected chi connectivity index (χ3v) is 3.93. The first kappa shape index (κ1) is 11.7. The van der Waals surface area contributed by atoms with Crippen LogP contribution in [0.1, 0.15) is 24.2 Å². The Kier molecular flexibility index (Phi) is 3.28. The number of nitrogens with zero attached hydrogens (tertiary/aromatic N) is 2. The summed E-state index contributed by atoms with van der Waals surface area (Å²) in [4.78, 5) is 4.82. The molecule has 98 valence electrons. The summed E-state index contributed by atoms with van der Waals surface area (Å²) in [6, 6.07) is 2.77. The third kappa shape index (κ3) is 2.38. The SMILES string of the molecule is Cc1occc1CN1C=CN(C2CCNCC2)C1. The van der Waals surface area contributed by atoms with Crippen molar-refractivity contribution in [1.29, 1.82) is 0 Å². The normalized spacial score (nSPS) is 20.9. The van der Waals surface area contributed by atoms with E-state index in [1.807, 2.05) is 6.92 Å². The van der Waals surface area contributed by atoms with Crippen LogP contribution in [0.3, 0.4) is 0 Å². The van der Waals surface area contributed by atoms with Crippen molar-refractivity contribution in [2.45, 2.75) is 32.4 Å². The van der Waals surface area contributed by atoms with E-state index in [9.17, 15) is 0 Å². The lowest BCUT2D eigenvalue weighted by atomic mass is 10.1. The van der Waals surface area contributed by atoms with Crippen molar-refractivity contribution in [3.05, 3.63) is 36.1 Å². The second-order valence-electron chi connectivity index (χ2n) is 5.18. The van der Waals surface area contributed by atoms with Crippen LogP contribution in [0.5, 0.6) is 0 Å². The number of furan rings is 1. The zero-order chi connectivity index (χ0) is 12.4. The molecule has 1 aromatic heterocycles. The monoisotopic (exact) mass is 247 g/mol. The molecule has 1 fully saturated rings. The van der Waals surface area contributed by atoms with Crippen molar-refractivity contribution in [2.24, 2.45) is 0 Å². The van der Waals surface area contributed by atoms with Gasteiger partial charge in [-0.05, 0) is 38.9 Å². The molecule has 4 heteroatoms. The molecule has 3 rings (SSSR count). The highest BCUT2D eigenvalue weighted by Gasteiger charge is 2.23. The summed E-state index contributed by atoms with van der Waals surface area (Å²) < 4.78 is 5.35. The highest BCUT2D eigenvalue weighted by atomic mass is 16.3. The summed E-state index contributed by atoms with van der Waals surface area (Å²) >= 11 is 0. The van der Waals surface area contributed by atoms with Crippen LogP contribution in [-0.4, -0.2) is 35.6 Å². The number of hydrogen-bond donors (Lipinski definition) is 1. The lowest BCUT2D eigenvalue weighted by molar-refractivity contribution is 0.178. The van der Waals surface area contributed by atoms with Gasteiger partial charge in [0, 0.05) is 30.5 Å². The van der Waals surface area contributed by atoms with Gasteiger partial charge in [-0.25, -0.2) is 0 Å². The van der Waals surface area contributed by atoms with Gasteiger partial charge >= 0.3 is 0 Å². The highest BCUT2D eigenvalue weighted by Crippen LogP contribution is 2.20. The summed E-state index contributed by atoms with van der Waals surface area (Å²) in [5.41, 5.74) is 1.28. The van der Waals surface area contributed by atoms with E-state index in [0.29, 0.717) is 6.04 Å². The number of aryl methyl sites for hydroxylation is 1. The molecule has 4 nitrogen and oxygen atoms in total. The molecule has 0 unspecified atom stereocenters. The van der Waals surface area contributed by atoms with Gasteiger partial charge in [-0.2, -0.15) is 0 Å². The van der Waals surface area contributed by atoms with Crippen molar-refractivity contribution >= 4 is 0 Å². The molecule has 0 aliphatic carbocycles. The second-order valence-corrected chi connectivity index (χ2v) is 5.18. The molecular formula is C14H21N3O. The van der Waals surface area contributed by atoms with Gasteiger partial charge in [0.1, 0.15) is 5.76 Å². The van der Waals surface area contributed by atoms with Crippen molar-refractivity contribution < 1.29 is 4.42 Å². The van der Waals surface area contributed by atoms with Crippen LogP contribution in [-0.2, 0) is 6.54 Å². The summed E-state index contributed by atoms with van der Waals surface area (Å²) in [6.07, 6.45) is 8.72. The minimum atomic E-state index is 0.706. The molecular weight excluding hydrogens is 226 g/mol. The predicted molar refractivity (Wildman–Crippen MR) is 70.7 cm³/mol. The van der Waals surface area contributed by atoms with E-state index in [0.717, 1.165) is 32.1 Å². The fourth-order valence-corrected chi connectivity index (χ4v) is 2.76. The molecule has 0 bridgehead atoms. The van der Waals surface area contributed by atoms with Gasteiger partial charge in [-0.3, -0.25) is 0 Å². The lowest BCUT2D eigenvalue weighted by Crippen LogP contribution is -2.41. The molecule has 1 aromatic rings. The van der Waals surface area contributed by atoms with Crippen LogP contribution < -0.4 is 5.32 Å². The molecule has 1 saturated heterocycles. The summed E-state index contributed by atoms with van der Waals surface area (Å²) in [5.74, 6) is 1.03. The van der Waals surface area contributed by atoms with Crippen LogP contribution in [0.25, 0.3) is 0 Å². The summed E-state index contributed by atoms with van der Waals surface area (Å²) in [5, 5.41) is 3.42. The van der Waals surface area contributed by atoms with Crippen molar-refractivity contribution in [2.75, 3.05) is 19.8 Å². The summed E-state index contributed by atoms with van der Waals surface area (Å²) in [7, 11) is 0. The fourth-order valence-electron chi connectivity index (χ4n) is 2.76. The number of hydrogen-bond acceptors (Lipinski definition) is 4. The van der Waals surface area contributed by atoms with Crippen molar-refractivity contribution in [1.82, 2.24) is 15.1 Å². The topological polar surface area (TPSA) is 31.7 Å². The first-order chi connectivity index (χ1) is 8.83. The average Bonchev–Trinajstić information content (AvgIpc) is 3.02. The van der Waals surface area contributed by atoms with Crippen molar-refractivity contribution in [3.8, 4) is 0 Å². The number of piperidine rings is 1. The Hall–Kier alpha value is -1.42. The Balaban J connectivity index is 1.56. The third-order valence-electron chi connectivity index (χ3n) is 3.93. The smallest absolute Gasteiger partial charge is 0.105 e. The molecule has 0 amide bonds. The number of rotatable bonds is 3. The van der Waals surface area contributed by atoms with Gasteiger partial charge in [0.05, 0.1) is 12.9 Å². The molecule has 18 heavy (non-hydrogen) atoms. The lowest BCUT2D eigenvalue weighted by Gasteiger charge is -2.32. The van der Waals surface area contributed by atoms with Crippen LogP contribution >= 0.6 is 0 Å². The van der Waals surface area contributed by atoms with Crippen LogP contribution in [0, 0.1) is 6.92 Å². The van der Waals surface area contributed by atoms with E-state index < -0.39 is 0 Å². The molecule has 3 heterocycles. The van der Waals surface area contributed by atoms with E-state index in [1.54, 1.807) is 6.26 Å². The van der Waals surface area contributed by atoms with Gasteiger partial charge in [0.25, 0.3) is 0 Å². The maximum atomic E-state index is 5.35. The first-order valence-corrected chi connectivity index (χ1v) is 6.75. The van der Waals surface area contributed by atoms with Crippen molar-refractivity contribution in [3.63, 3.8) is 0 Å². The average molecular weight is 247 g/mol. The Morgan fingerprint density at radius 1 is 1.33 bits per heavy atom. The molecule has 1 N–H and O–H groups in total. The number of nitrogens with one attached hydrogen (secondary N) is 1. The van der Waals surface area contributed by atoms with Gasteiger partial charge in [0.15, 0.2) is 0 Å². The quantitative estimate of drug-likeness (QED) is 0.884. The van der Waals surface area contributed by atoms with Crippen LogP contribution in [0.4, 0.5) is 0 Å². The van der Waals surface area contributed by atoms with Crippen LogP contribution in [0.15, 0.2) is 29.1 Å². The van der Waals surface area contributed by atoms with E-state index >= 15 is 0 Å². The molecule has 0 atom stereocenters. The largest absolute Gasteiger partial charge is 0.469 e. The zero-order valence-electron chi connectivity index (χ0n) is 10.9. The van der Waals surface area contributed by atoms with Gasteiger partial charge in [0.2, 0.25) is 0 Å². The van der Waals surface area contributed by atoms with Gasteiger partial charge < -0.3 is 19.5 Å². The van der Waals surface area contributed by atoms with Gasteiger partial charge in [-0.15, -0.1) is 0 Å². The predicted octanol–water partition coefficient (Wildman–Crippen LogP) is 1.89. The standard InChI is InChI=1S/C14H21N3O/c1-12-13(4-9-18-12)10-16-7-8-17(11-16)14-2-5-15-6-3-14/h4,7-9,14-15H,2-3,5-6,10-11H2,1H3. The minimum Gasteiger partial charge on any atom is -0.469 e. The molecule has 0 spiro atoms. The molecule has 2 aliphatic heterocycles. The Labute approximate surface area is 108 Å². The molecule has 0 saturated carbocycles. The molecule has 2 aliphatic rings. The first-order valence-electron chi connectivity index (χ1n) is 6.75. The Morgan fingerprint density at radius 2 is 2.17 bits per heavy atom. The van der Waals surface area contributed by atoms with Crippen LogP contribution in [0.2, 0.25) is 0 Å². The fraction of sp³-hybridized carbons (Fsp3) is 0.571. The molecule has 0 aromatic carbocycles. The van der Waals surface area contributed by atoms with E-state index in [1.165, 1.54) is 18.4 Å². The second kappa shape index (κ2) is 5.06. The highest BCUT2D eigenvalue weighted by molar-refractivity contribution is 5.16. The maximum Gasteiger partial charge on any atom is 0.105 e. The Bertz CT molecular complexity index is 420. The van der Waals surface area contributed by atoms with E-state index in [-0.39, 0.29) is 0 Å². The molecule has 0 radical (unpaired) electrons. The maximum absolute atomic E-state index is 5.35. The van der Waals surface area contributed by atoms with E-state index in [4.69, 9.17) is 4.42 Å². The Morgan fingerprint density at radius 3 is 2.89 bits per heavy atom. The summed E-state index contributed by atoms with van der Waals surface area (Å²) in [6.45, 7) is 6.28. The van der Waals surface area contributed by atoms with E-state index in [2.05, 4.69) is 33.6 Å².